The van der Waals surface area contributed by atoms with E-state index in [1.807, 2.05) is 6.92 Å². The van der Waals surface area contributed by atoms with Gasteiger partial charge in [-0.1, -0.05) is 29.3 Å². The van der Waals surface area contributed by atoms with Gasteiger partial charge in [-0.05, 0) is 43.8 Å². The number of hydrogen-bond acceptors (Lipinski definition) is 3. The van der Waals surface area contributed by atoms with Crippen molar-refractivity contribution in [3.63, 3.8) is 0 Å². The van der Waals surface area contributed by atoms with Crippen molar-refractivity contribution < 1.29 is 9.53 Å². The summed E-state index contributed by atoms with van der Waals surface area (Å²) in [6.45, 7) is 3.89. The Balaban J connectivity index is 2.55. The predicted octanol–water partition coefficient (Wildman–Crippen LogP) is 3.69. The maximum Gasteiger partial charge on any atom is 0.338 e. The van der Waals surface area contributed by atoms with Gasteiger partial charge in [0.25, 0.3) is 0 Å². The molecule has 1 aromatic carbocycles. The lowest BCUT2D eigenvalue weighted by Gasteiger charge is -2.35. The van der Waals surface area contributed by atoms with Crippen molar-refractivity contribution in [1.29, 1.82) is 0 Å². The molecule has 0 aliphatic carbocycles. The first-order valence-corrected chi connectivity index (χ1v) is 7.90. The number of carbonyl (C=O) groups is 1. The number of hydrogen-bond donors (Lipinski definition) is 1. The summed E-state index contributed by atoms with van der Waals surface area (Å²) in [5, 5.41) is 4.64. The standard InChI is InChI=1S/C15H16Cl2N2O2S/c1-4-21-14(20)12-8(2)19(3)15(22)18-13(12)10-6-5-9(16)7-11(10)17/h5-7,13H,4H2,1-3H3,(H,18,22)/t13-/m1/s1. The number of allylic oxidation sites excluding steroid dienone is 1. The van der Waals surface area contributed by atoms with Crippen LogP contribution in [0.15, 0.2) is 29.5 Å². The molecule has 7 heteroatoms. The van der Waals surface area contributed by atoms with Gasteiger partial charge in [-0.3, -0.25) is 0 Å². The number of nitrogens with zero attached hydrogens (tertiary/aromatic N) is 1. The number of benzene rings is 1. The van der Waals surface area contributed by atoms with Gasteiger partial charge in [-0.2, -0.15) is 0 Å². The maximum absolute atomic E-state index is 12.4. The van der Waals surface area contributed by atoms with Crippen LogP contribution in [0.2, 0.25) is 10.0 Å². The second-order valence-electron chi connectivity index (χ2n) is 4.83. The Labute approximate surface area is 145 Å². The molecule has 1 N–H and O–H groups in total. The third-order valence-corrected chi connectivity index (χ3v) is 4.48. The summed E-state index contributed by atoms with van der Waals surface area (Å²) in [5.74, 6) is -0.391. The quantitative estimate of drug-likeness (QED) is 0.659. The monoisotopic (exact) mass is 358 g/mol. The van der Waals surface area contributed by atoms with Crippen LogP contribution in [0.25, 0.3) is 0 Å². The van der Waals surface area contributed by atoms with Crippen LogP contribution < -0.4 is 5.32 Å². The number of carbonyl (C=O) groups excluding carboxylic acids is 1. The van der Waals surface area contributed by atoms with Gasteiger partial charge >= 0.3 is 5.97 Å². The van der Waals surface area contributed by atoms with E-state index in [9.17, 15) is 4.79 Å². The zero-order valence-electron chi connectivity index (χ0n) is 12.4. The molecule has 0 radical (unpaired) electrons. The van der Waals surface area contributed by atoms with E-state index in [2.05, 4.69) is 5.32 Å². The molecule has 1 aromatic rings. The van der Waals surface area contributed by atoms with Crippen molar-refractivity contribution in [3.8, 4) is 0 Å². The molecule has 0 saturated heterocycles. The molecule has 22 heavy (non-hydrogen) atoms. The molecule has 0 aromatic heterocycles. The first kappa shape index (κ1) is 17.1. The summed E-state index contributed by atoms with van der Waals surface area (Å²) in [7, 11) is 1.80. The first-order valence-electron chi connectivity index (χ1n) is 6.73. The maximum atomic E-state index is 12.4. The normalized spacial score (nSPS) is 18.3. The number of halogens is 2. The highest BCUT2D eigenvalue weighted by Crippen LogP contribution is 2.35. The Kier molecular flexibility index (Phi) is 5.32. The van der Waals surface area contributed by atoms with E-state index < -0.39 is 12.0 Å². The summed E-state index contributed by atoms with van der Waals surface area (Å²) >= 11 is 17.5. The summed E-state index contributed by atoms with van der Waals surface area (Å²) < 4.78 is 5.17. The number of nitrogens with one attached hydrogen (secondary N) is 1. The Morgan fingerprint density at radius 1 is 1.45 bits per heavy atom. The van der Waals surface area contributed by atoms with E-state index >= 15 is 0 Å². The predicted molar refractivity (Wildman–Crippen MR) is 92.0 cm³/mol. The van der Waals surface area contributed by atoms with Crippen LogP contribution in [0.5, 0.6) is 0 Å². The lowest BCUT2D eigenvalue weighted by molar-refractivity contribution is -0.139. The molecule has 0 unspecified atom stereocenters. The largest absolute Gasteiger partial charge is 0.463 e. The second kappa shape index (κ2) is 6.86. The summed E-state index contributed by atoms with van der Waals surface area (Å²) in [4.78, 5) is 14.1. The molecule has 1 heterocycles. The fourth-order valence-corrected chi connectivity index (χ4v) is 3.05. The van der Waals surface area contributed by atoms with Gasteiger partial charge in [0.15, 0.2) is 5.11 Å². The van der Waals surface area contributed by atoms with Gasteiger partial charge in [-0.15, -0.1) is 0 Å². The highest BCUT2D eigenvalue weighted by molar-refractivity contribution is 7.80. The van der Waals surface area contributed by atoms with Crippen molar-refractivity contribution in [1.82, 2.24) is 10.2 Å². The van der Waals surface area contributed by atoms with Crippen LogP contribution in [0.4, 0.5) is 0 Å². The lowest BCUT2D eigenvalue weighted by atomic mass is 9.95. The number of esters is 1. The number of ether oxygens (including phenoxy) is 1. The Bertz CT molecular complexity index is 661. The van der Waals surface area contributed by atoms with Crippen LogP contribution in [-0.2, 0) is 9.53 Å². The minimum Gasteiger partial charge on any atom is -0.463 e. The zero-order valence-corrected chi connectivity index (χ0v) is 14.8. The van der Waals surface area contributed by atoms with E-state index in [1.54, 1.807) is 37.1 Å². The van der Waals surface area contributed by atoms with E-state index in [-0.39, 0.29) is 0 Å². The molecular weight excluding hydrogens is 343 g/mol. The lowest BCUT2D eigenvalue weighted by Crippen LogP contribution is -2.46. The smallest absolute Gasteiger partial charge is 0.338 e. The molecule has 0 amide bonds. The second-order valence-corrected chi connectivity index (χ2v) is 6.06. The molecule has 0 bridgehead atoms. The third-order valence-electron chi connectivity index (χ3n) is 3.52. The Morgan fingerprint density at radius 2 is 2.14 bits per heavy atom. The van der Waals surface area contributed by atoms with Crippen LogP contribution in [0.3, 0.4) is 0 Å². The van der Waals surface area contributed by atoms with E-state index in [0.29, 0.717) is 27.3 Å². The van der Waals surface area contributed by atoms with Crippen molar-refractivity contribution in [3.05, 3.63) is 45.1 Å². The Morgan fingerprint density at radius 3 is 2.73 bits per heavy atom. The highest BCUT2D eigenvalue weighted by Gasteiger charge is 2.34. The first-order chi connectivity index (χ1) is 10.4. The zero-order chi connectivity index (χ0) is 16.4. The van der Waals surface area contributed by atoms with Crippen molar-refractivity contribution in [2.24, 2.45) is 0 Å². The average molecular weight is 359 g/mol. The molecule has 0 spiro atoms. The van der Waals surface area contributed by atoms with Gasteiger partial charge in [0.2, 0.25) is 0 Å². The van der Waals surface area contributed by atoms with Gasteiger partial charge < -0.3 is 15.0 Å². The molecule has 4 nitrogen and oxygen atoms in total. The Hall–Kier alpha value is -1.30. The van der Waals surface area contributed by atoms with Crippen LogP contribution in [0, 0.1) is 0 Å². The molecule has 1 atom stereocenters. The van der Waals surface area contributed by atoms with Crippen LogP contribution >= 0.6 is 35.4 Å². The minimum absolute atomic E-state index is 0.296. The summed E-state index contributed by atoms with van der Waals surface area (Å²) in [6.07, 6.45) is 0. The van der Waals surface area contributed by atoms with Gasteiger partial charge in [0.05, 0.1) is 18.2 Å². The van der Waals surface area contributed by atoms with E-state index in [4.69, 9.17) is 40.2 Å². The van der Waals surface area contributed by atoms with Crippen molar-refractivity contribution in [2.75, 3.05) is 13.7 Å². The fourth-order valence-electron chi connectivity index (χ4n) is 2.28. The molecule has 2 rings (SSSR count). The van der Waals surface area contributed by atoms with E-state index in [1.165, 1.54) is 0 Å². The summed E-state index contributed by atoms with van der Waals surface area (Å²) in [5.41, 5.74) is 1.95. The van der Waals surface area contributed by atoms with Crippen molar-refractivity contribution in [2.45, 2.75) is 19.9 Å². The van der Waals surface area contributed by atoms with Crippen molar-refractivity contribution >= 4 is 46.5 Å². The molecular formula is C15H16Cl2N2O2S. The number of rotatable bonds is 3. The molecule has 118 valence electrons. The van der Waals surface area contributed by atoms with Gasteiger partial charge in [0, 0.05) is 22.8 Å². The molecule has 0 saturated carbocycles. The number of thiocarbonyl (C=S) groups is 1. The van der Waals surface area contributed by atoms with E-state index in [0.717, 1.165) is 11.3 Å². The SMILES string of the molecule is CCOC(=O)C1=C(C)N(C)C(=S)N[C@@H]1c1ccc(Cl)cc1Cl. The van der Waals surface area contributed by atoms with Gasteiger partial charge in [0.1, 0.15) is 0 Å². The molecule has 0 fully saturated rings. The molecule has 1 aliphatic heterocycles. The highest BCUT2D eigenvalue weighted by atomic mass is 35.5. The van der Waals surface area contributed by atoms with Crippen LogP contribution in [-0.4, -0.2) is 29.6 Å². The fraction of sp³-hybridized carbons (Fsp3) is 0.333. The third kappa shape index (κ3) is 3.21. The average Bonchev–Trinajstić information content (AvgIpc) is 2.44. The minimum atomic E-state index is -0.465. The van der Waals surface area contributed by atoms with Gasteiger partial charge in [-0.25, -0.2) is 4.79 Å². The molecule has 1 aliphatic rings. The van der Waals surface area contributed by atoms with Crippen LogP contribution in [0.1, 0.15) is 25.5 Å². The summed E-state index contributed by atoms with van der Waals surface area (Å²) in [6, 6.07) is 4.68. The topological polar surface area (TPSA) is 41.6 Å².